The minimum absolute atomic E-state index is 0.0419. The molecule has 110 valence electrons. The fourth-order valence-corrected chi connectivity index (χ4v) is 2.34. The molecule has 1 fully saturated rings. The summed E-state index contributed by atoms with van der Waals surface area (Å²) in [5, 5.41) is 2.72. The predicted molar refractivity (Wildman–Crippen MR) is 77.0 cm³/mol. The molecule has 0 aliphatic carbocycles. The first-order chi connectivity index (χ1) is 9.58. The highest BCUT2D eigenvalue weighted by atomic mass is 16.5. The third-order valence-corrected chi connectivity index (χ3v) is 3.05. The third-order valence-electron chi connectivity index (χ3n) is 3.05. The Morgan fingerprint density at radius 1 is 1.45 bits per heavy atom. The maximum atomic E-state index is 11.4. The van der Waals surface area contributed by atoms with E-state index in [1.807, 2.05) is 12.1 Å². The van der Waals surface area contributed by atoms with E-state index in [0.29, 0.717) is 5.69 Å². The van der Waals surface area contributed by atoms with Crippen LogP contribution < -0.4 is 10.2 Å². The molecule has 1 aliphatic rings. The van der Waals surface area contributed by atoms with Crippen LogP contribution in [-0.2, 0) is 14.3 Å². The summed E-state index contributed by atoms with van der Waals surface area (Å²) in [6.45, 7) is 5.81. The standard InChI is InChI=1S/C14H21N3O3/c1-10-7-17(8-11(2)20-10)13-5-4-12(6-15-13)16-14(18)9-19-3/h4-6,10-11H,7-9H2,1-3H3,(H,16,18)/t10-,11+. The van der Waals surface area contributed by atoms with Gasteiger partial charge in [-0.25, -0.2) is 4.98 Å². The molecule has 6 heteroatoms. The summed E-state index contributed by atoms with van der Waals surface area (Å²) in [5.74, 6) is 0.715. The van der Waals surface area contributed by atoms with Crippen molar-refractivity contribution in [1.82, 2.24) is 4.98 Å². The van der Waals surface area contributed by atoms with Crippen LogP contribution in [0.15, 0.2) is 18.3 Å². The molecule has 0 spiro atoms. The van der Waals surface area contributed by atoms with Gasteiger partial charge in [-0.2, -0.15) is 0 Å². The molecule has 1 aliphatic heterocycles. The Bertz CT molecular complexity index is 439. The summed E-state index contributed by atoms with van der Waals surface area (Å²) in [6.07, 6.45) is 2.05. The summed E-state index contributed by atoms with van der Waals surface area (Å²) >= 11 is 0. The Morgan fingerprint density at radius 2 is 2.15 bits per heavy atom. The number of carbonyl (C=O) groups excluding carboxylic acids is 1. The van der Waals surface area contributed by atoms with E-state index in [9.17, 15) is 4.79 Å². The zero-order valence-electron chi connectivity index (χ0n) is 12.1. The Kier molecular flexibility index (Phi) is 4.92. The molecule has 1 amide bonds. The van der Waals surface area contributed by atoms with E-state index in [1.165, 1.54) is 7.11 Å². The summed E-state index contributed by atoms with van der Waals surface area (Å²) < 4.78 is 10.5. The van der Waals surface area contributed by atoms with E-state index >= 15 is 0 Å². The van der Waals surface area contributed by atoms with E-state index in [4.69, 9.17) is 9.47 Å². The molecule has 1 N–H and O–H groups in total. The van der Waals surface area contributed by atoms with Crippen molar-refractivity contribution in [3.05, 3.63) is 18.3 Å². The lowest BCUT2D eigenvalue weighted by Gasteiger charge is -2.36. The summed E-state index contributed by atoms with van der Waals surface area (Å²) in [5.41, 5.74) is 0.671. The number of nitrogens with one attached hydrogen (secondary N) is 1. The van der Waals surface area contributed by atoms with Gasteiger partial charge >= 0.3 is 0 Å². The largest absolute Gasteiger partial charge is 0.375 e. The van der Waals surface area contributed by atoms with Gasteiger partial charge in [0, 0.05) is 20.2 Å². The first-order valence-electron chi connectivity index (χ1n) is 6.73. The minimum Gasteiger partial charge on any atom is -0.375 e. The molecule has 0 radical (unpaired) electrons. The number of nitrogens with zero attached hydrogens (tertiary/aromatic N) is 2. The predicted octanol–water partition coefficient (Wildman–Crippen LogP) is 1.28. The van der Waals surface area contributed by atoms with Crippen LogP contribution in [0.5, 0.6) is 0 Å². The van der Waals surface area contributed by atoms with Crippen molar-refractivity contribution in [2.24, 2.45) is 0 Å². The maximum Gasteiger partial charge on any atom is 0.250 e. The van der Waals surface area contributed by atoms with Gasteiger partial charge in [-0.15, -0.1) is 0 Å². The lowest BCUT2D eigenvalue weighted by atomic mass is 10.2. The number of rotatable bonds is 4. The van der Waals surface area contributed by atoms with E-state index in [-0.39, 0.29) is 24.7 Å². The van der Waals surface area contributed by atoms with Gasteiger partial charge in [0.2, 0.25) is 5.91 Å². The summed E-state index contributed by atoms with van der Waals surface area (Å²) in [6, 6.07) is 3.76. The average molecular weight is 279 g/mol. The highest BCUT2D eigenvalue weighted by Gasteiger charge is 2.22. The number of aromatic nitrogens is 1. The van der Waals surface area contributed by atoms with Crippen LogP contribution in [0.25, 0.3) is 0 Å². The van der Waals surface area contributed by atoms with Crippen LogP contribution in [0.3, 0.4) is 0 Å². The van der Waals surface area contributed by atoms with Gasteiger partial charge in [0.1, 0.15) is 12.4 Å². The smallest absolute Gasteiger partial charge is 0.250 e. The lowest BCUT2D eigenvalue weighted by molar-refractivity contribution is -0.119. The van der Waals surface area contributed by atoms with Gasteiger partial charge in [0.15, 0.2) is 0 Å². The number of pyridine rings is 1. The van der Waals surface area contributed by atoms with Crippen LogP contribution in [0, 0.1) is 0 Å². The number of ether oxygens (including phenoxy) is 2. The first kappa shape index (κ1) is 14.7. The quantitative estimate of drug-likeness (QED) is 0.899. The Hall–Kier alpha value is -1.66. The SMILES string of the molecule is COCC(=O)Nc1ccc(N2C[C@@H](C)O[C@@H](C)C2)nc1. The molecule has 2 atom stereocenters. The van der Waals surface area contributed by atoms with Gasteiger partial charge in [-0.3, -0.25) is 4.79 Å². The highest BCUT2D eigenvalue weighted by Crippen LogP contribution is 2.19. The molecule has 2 rings (SSSR count). The average Bonchev–Trinajstić information content (AvgIpc) is 2.38. The van der Waals surface area contributed by atoms with Crippen molar-refractivity contribution in [3.8, 4) is 0 Å². The van der Waals surface area contributed by atoms with Gasteiger partial charge in [0.25, 0.3) is 0 Å². The van der Waals surface area contributed by atoms with Gasteiger partial charge < -0.3 is 19.7 Å². The molecule has 0 saturated carbocycles. The van der Waals surface area contributed by atoms with Gasteiger partial charge in [-0.1, -0.05) is 0 Å². The van der Waals surface area contributed by atoms with Crippen LogP contribution >= 0.6 is 0 Å². The fraction of sp³-hybridized carbons (Fsp3) is 0.571. The van der Waals surface area contributed by atoms with Crippen LogP contribution in [0.4, 0.5) is 11.5 Å². The van der Waals surface area contributed by atoms with Gasteiger partial charge in [-0.05, 0) is 26.0 Å². The van der Waals surface area contributed by atoms with E-state index in [1.54, 1.807) is 6.20 Å². The van der Waals surface area contributed by atoms with E-state index in [0.717, 1.165) is 18.9 Å². The van der Waals surface area contributed by atoms with Crippen molar-refractivity contribution >= 4 is 17.4 Å². The normalized spacial score (nSPS) is 22.6. The van der Waals surface area contributed by atoms with Crippen LogP contribution in [0.2, 0.25) is 0 Å². The van der Waals surface area contributed by atoms with E-state index in [2.05, 4.69) is 29.0 Å². The number of morpholine rings is 1. The zero-order valence-corrected chi connectivity index (χ0v) is 12.1. The fourth-order valence-electron chi connectivity index (χ4n) is 2.34. The molecule has 0 bridgehead atoms. The summed E-state index contributed by atoms with van der Waals surface area (Å²) in [4.78, 5) is 18.0. The molecule has 20 heavy (non-hydrogen) atoms. The Labute approximate surface area is 119 Å². The van der Waals surface area contributed by atoms with Crippen molar-refractivity contribution < 1.29 is 14.3 Å². The molecule has 1 aromatic heterocycles. The highest BCUT2D eigenvalue weighted by molar-refractivity contribution is 5.91. The number of amides is 1. The molecule has 1 saturated heterocycles. The number of carbonyl (C=O) groups is 1. The van der Waals surface area contributed by atoms with Crippen molar-refractivity contribution in [1.29, 1.82) is 0 Å². The monoisotopic (exact) mass is 279 g/mol. The number of methoxy groups -OCH3 is 1. The minimum atomic E-state index is -0.185. The van der Waals surface area contributed by atoms with E-state index < -0.39 is 0 Å². The molecular weight excluding hydrogens is 258 g/mol. The molecule has 0 unspecified atom stereocenters. The zero-order chi connectivity index (χ0) is 14.5. The van der Waals surface area contributed by atoms with Crippen molar-refractivity contribution in [3.63, 3.8) is 0 Å². The maximum absolute atomic E-state index is 11.4. The van der Waals surface area contributed by atoms with Gasteiger partial charge in [0.05, 0.1) is 24.1 Å². The number of anilines is 2. The molecule has 1 aromatic rings. The molecular formula is C14H21N3O3. The Balaban J connectivity index is 1.99. The second kappa shape index (κ2) is 6.67. The Morgan fingerprint density at radius 3 is 2.70 bits per heavy atom. The number of hydrogen-bond donors (Lipinski definition) is 1. The summed E-state index contributed by atoms with van der Waals surface area (Å²) in [7, 11) is 1.49. The number of hydrogen-bond acceptors (Lipinski definition) is 5. The topological polar surface area (TPSA) is 63.7 Å². The van der Waals surface area contributed by atoms with Crippen LogP contribution in [-0.4, -0.2) is 49.9 Å². The second-order valence-electron chi connectivity index (χ2n) is 5.05. The first-order valence-corrected chi connectivity index (χ1v) is 6.73. The molecule has 0 aromatic carbocycles. The van der Waals surface area contributed by atoms with Crippen molar-refractivity contribution in [2.45, 2.75) is 26.1 Å². The van der Waals surface area contributed by atoms with Crippen molar-refractivity contribution in [2.75, 3.05) is 37.0 Å². The third kappa shape index (κ3) is 3.91. The lowest BCUT2D eigenvalue weighted by Crippen LogP contribution is -2.45. The molecule has 6 nitrogen and oxygen atoms in total. The second-order valence-corrected chi connectivity index (χ2v) is 5.05. The molecule has 2 heterocycles. The van der Waals surface area contributed by atoms with Crippen LogP contribution in [0.1, 0.15) is 13.8 Å².